The molecule has 1 aliphatic heterocycles. The van der Waals surface area contributed by atoms with E-state index < -0.39 is 17.6 Å². The molecule has 0 aliphatic carbocycles. The van der Waals surface area contributed by atoms with Crippen LogP contribution in [0.3, 0.4) is 0 Å². The summed E-state index contributed by atoms with van der Waals surface area (Å²) in [4.78, 5) is 37.4. The molecule has 2 aromatic rings. The van der Waals surface area contributed by atoms with Gasteiger partial charge in [-0.25, -0.2) is 4.90 Å². The molecular formula is C20H18N2O6. The number of aliphatic hydroxyl groups is 1. The van der Waals surface area contributed by atoms with Crippen LogP contribution in [0, 0.1) is 0 Å². The van der Waals surface area contributed by atoms with Gasteiger partial charge in [0.15, 0.2) is 17.3 Å². The first kappa shape index (κ1) is 19.0. The van der Waals surface area contributed by atoms with Gasteiger partial charge in [-0.15, -0.1) is 0 Å². The summed E-state index contributed by atoms with van der Waals surface area (Å²) in [6.45, 7) is 1.38. The summed E-state index contributed by atoms with van der Waals surface area (Å²) in [5.41, 5.74) is 1.01. The van der Waals surface area contributed by atoms with E-state index in [-0.39, 0.29) is 17.2 Å². The Morgan fingerprint density at radius 2 is 1.61 bits per heavy atom. The summed E-state index contributed by atoms with van der Waals surface area (Å²) in [5.74, 6) is -1.60. The Kier molecular flexibility index (Phi) is 5.04. The monoisotopic (exact) mass is 382 g/mol. The molecule has 8 nitrogen and oxygen atoms in total. The number of nitrogens with one attached hydrogen (secondary N) is 1. The van der Waals surface area contributed by atoms with Gasteiger partial charge in [-0.05, 0) is 29.8 Å². The van der Waals surface area contributed by atoms with E-state index in [9.17, 15) is 19.5 Å². The molecule has 8 heteroatoms. The Morgan fingerprint density at radius 3 is 2.18 bits per heavy atom. The molecule has 144 valence electrons. The van der Waals surface area contributed by atoms with Crippen molar-refractivity contribution in [2.75, 3.05) is 24.4 Å². The highest BCUT2D eigenvalue weighted by atomic mass is 16.5. The van der Waals surface area contributed by atoms with Crippen LogP contribution in [0.1, 0.15) is 12.5 Å². The van der Waals surface area contributed by atoms with Crippen molar-refractivity contribution in [3.05, 3.63) is 53.8 Å². The fourth-order valence-corrected chi connectivity index (χ4v) is 2.90. The van der Waals surface area contributed by atoms with Crippen molar-refractivity contribution < 1.29 is 29.0 Å². The van der Waals surface area contributed by atoms with Gasteiger partial charge >= 0.3 is 5.91 Å². The van der Waals surface area contributed by atoms with Crippen molar-refractivity contribution in [1.29, 1.82) is 0 Å². The van der Waals surface area contributed by atoms with E-state index in [0.717, 1.165) is 4.90 Å². The minimum absolute atomic E-state index is 0.117. The number of carbonyl (C=O) groups is 3. The molecule has 0 spiro atoms. The molecule has 0 radical (unpaired) electrons. The predicted molar refractivity (Wildman–Crippen MR) is 102 cm³/mol. The quantitative estimate of drug-likeness (QED) is 0.770. The van der Waals surface area contributed by atoms with Crippen molar-refractivity contribution >= 4 is 34.7 Å². The highest BCUT2D eigenvalue weighted by Gasteiger charge is 2.40. The van der Waals surface area contributed by atoms with Crippen LogP contribution in [0.4, 0.5) is 11.4 Å². The van der Waals surface area contributed by atoms with Crippen LogP contribution in [0.5, 0.6) is 11.5 Å². The minimum Gasteiger partial charge on any atom is -0.502 e. The lowest BCUT2D eigenvalue weighted by molar-refractivity contribution is -0.121. The number of hydrogen-bond donors (Lipinski definition) is 2. The summed E-state index contributed by atoms with van der Waals surface area (Å²) in [6, 6.07) is 10.8. The molecule has 0 aromatic heterocycles. The normalized spacial score (nSPS) is 13.8. The number of imide groups is 1. The van der Waals surface area contributed by atoms with E-state index in [1.54, 1.807) is 30.3 Å². The van der Waals surface area contributed by atoms with E-state index in [1.807, 2.05) is 0 Å². The minimum atomic E-state index is -0.835. The van der Waals surface area contributed by atoms with Gasteiger partial charge in [0.25, 0.3) is 5.91 Å². The second-order valence-corrected chi connectivity index (χ2v) is 5.97. The largest absolute Gasteiger partial charge is 0.502 e. The first-order valence-corrected chi connectivity index (χ1v) is 8.29. The number of nitrogens with zero attached hydrogens (tertiary/aromatic N) is 1. The zero-order chi connectivity index (χ0) is 20.4. The van der Waals surface area contributed by atoms with Crippen LogP contribution in [-0.4, -0.2) is 37.0 Å². The molecule has 0 bridgehead atoms. The molecule has 28 heavy (non-hydrogen) atoms. The van der Waals surface area contributed by atoms with Crippen LogP contribution in [0.25, 0.3) is 5.57 Å². The summed E-state index contributed by atoms with van der Waals surface area (Å²) < 4.78 is 10.4. The van der Waals surface area contributed by atoms with E-state index in [2.05, 4.69) is 5.32 Å². The topological polar surface area (TPSA) is 105 Å². The number of amides is 3. The maximum Gasteiger partial charge on any atom is 0.301 e. The third-order valence-corrected chi connectivity index (χ3v) is 4.18. The van der Waals surface area contributed by atoms with E-state index in [0.29, 0.717) is 22.7 Å². The zero-order valence-electron chi connectivity index (χ0n) is 15.5. The zero-order valence-corrected chi connectivity index (χ0v) is 15.5. The maximum absolute atomic E-state index is 12.9. The van der Waals surface area contributed by atoms with Gasteiger partial charge in [0.1, 0.15) is 0 Å². The lowest BCUT2D eigenvalue weighted by Gasteiger charge is -2.17. The number of ether oxygens (including phenoxy) is 2. The Balaban J connectivity index is 1.95. The highest BCUT2D eigenvalue weighted by molar-refractivity contribution is 6.44. The molecule has 2 aromatic carbocycles. The smallest absolute Gasteiger partial charge is 0.301 e. The van der Waals surface area contributed by atoms with Gasteiger partial charge < -0.3 is 19.9 Å². The maximum atomic E-state index is 12.9. The summed E-state index contributed by atoms with van der Waals surface area (Å²) in [6.07, 6.45) is 0. The Bertz CT molecular complexity index is 994. The SMILES string of the molecule is COc1ccc(N2C(=O)C(O)=C(c3ccc(NC(C)=O)cc3)C2=O)cc1OC. The van der Waals surface area contributed by atoms with Gasteiger partial charge in [-0.2, -0.15) is 0 Å². The second-order valence-electron chi connectivity index (χ2n) is 5.97. The lowest BCUT2D eigenvalue weighted by atomic mass is 10.1. The molecule has 0 saturated carbocycles. The van der Waals surface area contributed by atoms with Crippen LogP contribution < -0.4 is 19.7 Å². The molecule has 2 N–H and O–H groups in total. The van der Waals surface area contributed by atoms with Gasteiger partial charge in [0, 0.05) is 18.7 Å². The van der Waals surface area contributed by atoms with Crippen LogP contribution in [-0.2, 0) is 14.4 Å². The average molecular weight is 382 g/mol. The number of aliphatic hydroxyl groups excluding tert-OH is 1. The first-order chi connectivity index (χ1) is 13.4. The van der Waals surface area contributed by atoms with Crippen LogP contribution in [0.2, 0.25) is 0 Å². The summed E-state index contributed by atoms with van der Waals surface area (Å²) >= 11 is 0. The van der Waals surface area contributed by atoms with Crippen molar-refractivity contribution in [2.45, 2.75) is 6.92 Å². The van der Waals surface area contributed by atoms with Crippen molar-refractivity contribution in [3.8, 4) is 11.5 Å². The molecule has 0 unspecified atom stereocenters. The standard InChI is InChI=1S/C20H18N2O6/c1-11(23)21-13-6-4-12(5-7-13)17-18(24)20(26)22(19(17)25)14-8-9-15(27-2)16(10-14)28-3/h4-10,24H,1-3H3,(H,21,23). The molecule has 1 aliphatic rings. The van der Waals surface area contributed by atoms with Gasteiger partial charge in [-0.3, -0.25) is 14.4 Å². The van der Waals surface area contributed by atoms with Crippen LogP contribution >= 0.6 is 0 Å². The number of rotatable bonds is 5. The van der Waals surface area contributed by atoms with E-state index in [4.69, 9.17) is 9.47 Å². The Morgan fingerprint density at radius 1 is 0.964 bits per heavy atom. The molecule has 1 heterocycles. The van der Waals surface area contributed by atoms with Gasteiger partial charge in [0.05, 0.1) is 25.5 Å². The van der Waals surface area contributed by atoms with Crippen molar-refractivity contribution in [2.24, 2.45) is 0 Å². The van der Waals surface area contributed by atoms with Gasteiger partial charge in [0.2, 0.25) is 5.91 Å². The number of anilines is 2. The second kappa shape index (κ2) is 7.43. The van der Waals surface area contributed by atoms with Gasteiger partial charge in [-0.1, -0.05) is 12.1 Å². The fraction of sp³-hybridized carbons (Fsp3) is 0.150. The molecule has 0 atom stereocenters. The van der Waals surface area contributed by atoms with Crippen LogP contribution in [0.15, 0.2) is 48.2 Å². The molecule has 0 saturated heterocycles. The third-order valence-electron chi connectivity index (χ3n) is 4.18. The third kappa shape index (κ3) is 3.27. The number of hydrogen-bond acceptors (Lipinski definition) is 6. The molecule has 3 amide bonds. The van der Waals surface area contributed by atoms with E-state index in [1.165, 1.54) is 33.3 Å². The molecule has 3 rings (SSSR count). The fourth-order valence-electron chi connectivity index (χ4n) is 2.90. The van der Waals surface area contributed by atoms with Crippen molar-refractivity contribution in [1.82, 2.24) is 0 Å². The number of carbonyl (C=O) groups excluding carboxylic acids is 3. The summed E-state index contributed by atoms with van der Waals surface area (Å²) in [5, 5.41) is 12.9. The molecule has 0 fully saturated rings. The predicted octanol–water partition coefficient (Wildman–Crippen LogP) is 2.50. The number of methoxy groups -OCH3 is 2. The average Bonchev–Trinajstić information content (AvgIpc) is 2.90. The van der Waals surface area contributed by atoms with E-state index >= 15 is 0 Å². The first-order valence-electron chi connectivity index (χ1n) is 8.29. The molecular weight excluding hydrogens is 364 g/mol. The highest BCUT2D eigenvalue weighted by Crippen LogP contribution is 2.36. The van der Waals surface area contributed by atoms with Crippen molar-refractivity contribution in [3.63, 3.8) is 0 Å². The Labute approximate surface area is 161 Å². The number of benzene rings is 2. The lowest BCUT2D eigenvalue weighted by Crippen LogP contribution is -2.31. The summed E-state index contributed by atoms with van der Waals surface area (Å²) in [7, 11) is 2.91. The Hall–Kier alpha value is -3.81.